The van der Waals surface area contributed by atoms with E-state index in [4.69, 9.17) is 9.15 Å². The third-order valence-corrected chi connectivity index (χ3v) is 4.52. The summed E-state index contributed by atoms with van der Waals surface area (Å²) in [6.07, 6.45) is -0.736. The largest absolute Gasteiger partial charge is 0.451 e. The summed E-state index contributed by atoms with van der Waals surface area (Å²) >= 11 is 0. The van der Waals surface area contributed by atoms with E-state index in [1.807, 2.05) is 60.7 Å². The third kappa shape index (κ3) is 4.35. The van der Waals surface area contributed by atoms with Gasteiger partial charge in [0.05, 0.1) is 0 Å². The first-order valence-corrected chi connectivity index (χ1v) is 9.45. The van der Waals surface area contributed by atoms with E-state index >= 15 is 0 Å². The molecule has 7 nitrogen and oxygen atoms in total. The van der Waals surface area contributed by atoms with Gasteiger partial charge in [-0.15, -0.1) is 10.2 Å². The van der Waals surface area contributed by atoms with Crippen LogP contribution in [0.15, 0.2) is 77.2 Å². The molecule has 1 heterocycles. The smallest absolute Gasteiger partial charge is 0.326 e. The number of esters is 1. The molecule has 7 heteroatoms. The average molecular weight is 401 g/mol. The van der Waals surface area contributed by atoms with E-state index in [9.17, 15) is 9.59 Å². The lowest BCUT2D eigenvalue weighted by Crippen LogP contribution is -2.31. The highest BCUT2D eigenvalue weighted by Gasteiger charge is 2.19. The number of hydrogen-bond donors (Lipinski definition) is 1. The second-order valence-electron chi connectivity index (χ2n) is 6.69. The van der Waals surface area contributed by atoms with Gasteiger partial charge in [-0.3, -0.25) is 9.59 Å². The van der Waals surface area contributed by atoms with Crippen molar-refractivity contribution in [3.05, 3.63) is 84.3 Å². The van der Waals surface area contributed by atoms with Crippen LogP contribution in [0.1, 0.15) is 29.3 Å². The maximum absolute atomic E-state index is 12.3. The van der Waals surface area contributed by atoms with Crippen LogP contribution in [-0.4, -0.2) is 28.6 Å². The quantitative estimate of drug-likeness (QED) is 0.492. The molecule has 0 spiro atoms. The molecule has 1 N–H and O–H groups in total. The number of benzene rings is 3. The highest BCUT2D eigenvalue weighted by molar-refractivity contribution is 5.99. The summed E-state index contributed by atoms with van der Waals surface area (Å²) in [5.41, 5.74) is 1.25. The van der Waals surface area contributed by atoms with Gasteiger partial charge in [-0.1, -0.05) is 48.5 Å². The Kier molecular flexibility index (Phi) is 5.52. The zero-order chi connectivity index (χ0) is 20.9. The maximum atomic E-state index is 12.3. The number of nitrogens with zero attached hydrogens (tertiary/aromatic N) is 2. The maximum Gasteiger partial charge on any atom is 0.326 e. The van der Waals surface area contributed by atoms with Crippen LogP contribution in [0.5, 0.6) is 0 Å². The van der Waals surface area contributed by atoms with Gasteiger partial charge in [0.1, 0.15) is 6.54 Å². The van der Waals surface area contributed by atoms with Crippen LogP contribution in [-0.2, 0) is 9.53 Å². The number of carbonyl (C=O) groups is 2. The SMILES string of the molecule is C[C@H](OC(=O)CNC(=O)c1ccc2ccccc2c1)c1nnc(-c2ccccc2)o1. The fraction of sp³-hybridized carbons (Fsp3) is 0.130. The van der Waals surface area contributed by atoms with Crippen LogP contribution in [0, 0.1) is 0 Å². The highest BCUT2D eigenvalue weighted by atomic mass is 16.6. The molecular formula is C23H19N3O4. The van der Waals surface area contributed by atoms with Crippen molar-refractivity contribution < 1.29 is 18.7 Å². The fourth-order valence-corrected chi connectivity index (χ4v) is 2.97. The molecule has 4 aromatic rings. The molecule has 0 unspecified atom stereocenters. The standard InChI is InChI=1S/C23H19N3O4/c1-15(22-25-26-23(30-22)17-8-3-2-4-9-17)29-20(27)14-24-21(28)19-12-11-16-7-5-6-10-18(16)13-19/h2-13,15H,14H2,1H3,(H,24,28)/t15-/m0/s1. The molecule has 0 fully saturated rings. The minimum absolute atomic E-state index is 0.183. The first-order chi connectivity index (χ1) is 14.6. The molecule has 0 radical (unpaired) electrons. The monoisotopic (exact) mass is 401 g/mol. The van der Waals surface area contributed by atoms with Crippen molar-refractivity contribution in [3.8, 4) is 11.5 Å². The molecule has 0 saturated heterocycles. The topological polar surface area (TPSA) is 94.3 Å². The molecule has 0 aliphatic rings. The minimum Gasteiger partial charge on any atom is -0.451 e. The number of fused-ring (bicyclic) bond motifs is 1. The van der Waals surface area contributed by atoms with Gasteiger partial charge >= 0.3 is 5.97 Å². The number of hydrogen-bond acceptors (Lipinski definition) is 6. The predicted molar refractivity (Wildman–Crippen MR) is 111 cm³/mol. The number of nitrogens with one attached hydrogen (secondary N) is 1. The van der Waals surface area contributed by atoms with Crippen molar-refractivity contribution in [1.82, 2.24) is 15.5 Å². The Hall–Kier alpha value is -4.00. The van der Waals surface area contributed by atoms with E-state index < -0.39 is 12.1 Å². The second-order valence-corrected chi connectivity index (χ2v) is 6.69. The van der Waals surface area contributed by atoms with Gasteiger partial charge in [0, 0.05) is 11.1 Å². The molecule has 0 aliphatic heterocycles. The Balaban J connectivity index is 1.33. The summed E-state index contributed by atoms with van der Waals surface area (Å²) in [4.78, 5) is 24.5. The van der Waals surface area contributed by atoms with E-state index in [1.54, 1.807) is 19.1 Å². The number of ether oxygens (including phenoxy) is 1. The van der Waals surface area contributed by atoms with Crippen molar-refractivity contribution in [1.29, 1.82) is 0 Å². The lowest BCUT2D eigenvalue weighted by atomic mass is 10.1. The van der Waals surface area contributed by atoms with Crippen LogP contribution in [0.2, 0.25) is 0 Å². The zero-order valence-corrected chi connectivity index (χ0v) is 16.2. The summed E-state index contributed by atoms with van der Waals surface area (Å²) in [6, 6.07) is 22.4. The molecule has 4 rings (SSSR count). The number of amides is 1. The minimum atomic E-state index is -0.736. The Morgan fingerprint density at radius 2 is 1.70 bits per heavy atom. The van der Waals surface area contributed by atoms with Crippen molar-refractivity contribution >= 4 is 22.6 Å². The van der Waals surface area contributed by atoms with Crippen LogP contribution < -0.4 is 5.32 Å². The van der Waals surface area contributed by atoms with E-state index in [-0.39, 0.29) is 18.3 Å². The molecule has 0 bridgehead atoms. The molecule has 0 aliphatic carbocycles. The molecule has 150 valence electrons. The number of aromatic nitrogens is 2. The van der Waals surface area contributed by atoms with Gasteiger partial charge in [0.25, 0.3) is 11.8 Å². The number of carbonyl (C=O) groups excluding carboxylic acids is 2. The van der Waals surface area contributed by atoms with Gasteiger partial charge in [-0.2, -0.15) is 0 Å². The van der Waals surface area contributed by atoms with Crippen molar-refractivity contribution in [2.75, 3.05) is 6.54 Å². The Labute approximate surface area is 172 Å². The van der Waals surface area contributed by atoms with Gasteiger partial charge in [-0.05, 0) is 42.0 Å². The summed E-state index contributed by atoms with van der Waals surface area (Å²) < 4.78 is 10.9. The van der Waals surface area contributed by atoms with E-state index in [0.29, 0.717) is 11.5 Å². The van der Waals surface area contributed by atoms with Gasteiger partial charge in [0.2, 0.25) is 5.89 Å². The molecule has 1 atom stereocenters. The molecule has 1 aromatic heterocycles. The summed E-state index contributed by atoms with van der Waals surface area (Å²) in [5.74, 6) is -0.424. The average Bonchev–Trinajstić information content (AvgIpc) is 3.28. The van der Waals surface area contributed by atoms with Gasteiger partial charge in [-0.25, -0.2) is 0 Å². The van der Waals surface area contributed by atoms with Crippen LogP contribution in [0.3, 0.4) is 0 Å². The van der Waals surface area contributed by atoms with E-state index in [1.165, 1.54) is 0 Å². The Bertz CT molecular complexity index is 1190. The van der Waals surface area contributed by atoms with Gasteiger partial charge < -0.3 is 14.5 Å². The van der Waals surface area contributed by atoms with Crippen LogP contribution >= 0.6 is 0 Å². The molecular weight excluding hydrogens is 382 g/mol. The Morgan fingerprint density at radius 3 is 2.50 bits per heavy atom. The normalized spacial score (nSPS) is 11.8. The molecule has 0 saturated carbocycles. The third-order valence-electron chi connectivity index (χ3n) is 4.52. The van der Waals surface area contributed by atoms with E-state index in [2.05, 4.69) is 15.5 Å². The lowest BCUT2D eigenvalue weighted by Gasteiger charge is -2.10. The fourth-order valence-electron chi connectivity index (χ4n) is 2.97. The van der Waals surface area contributed by atoms with Crippen LogP contribution in [0.4, 0.5) is 0 Å². The van der Waals surface area contributed by atoms with Crippen LogP contribution in [0.25, 0.3) is 22.2 Å². The molecule has 1 amide bonds. The Morgan fingerprint density at radius 1 is 0.967 bits per heavy atom. The lowest BCUT2D eigenvalue weighted by molar-refractivity contribution is -0.148. The highest BCUT2D eigenvalue weighted by Crippen LogP contribution is 2.22. The number of rotatable bonds is 6. The second kappa shape index (κ2) is 8.57. The van der Waals surface area contributed by atoms with Crippen molar-refractivity contribution in [2.45, 2.75) is 13.0 Å². The van der Waals surface area contributed by atoms with Gasteiger partial charge in [0.15, 0.2) is 6.10 Å². The molecule has 3 aromatic carbocycles. The summed E-state index contributed by atoms with van der Waals surface area (Å²) in [6.45, 7) is 1.36. The predicted octanol–water partition coefficient (Wildman–Crippen LogP) is 3.92. The van der Waals surface area contributed by atoms with Crippen molar-refractivity contribution in [2.24, 2.45) is 0 Å². The summed E-state index contributed by atoms with van der Waals surface area (Å²) in [5, 5.41) is 12.5. The first-order valence-electron chi connectivity index (χ1n) is 9.45. The van der Waals surface area contributed by atoms with E-state index in [0.717, 1.165) is 16.3 Å². The summed E-state index contributed by atoms with van der Waals surface area (Å²) in [7, 11) is 0. The van der Waals surface area contributed by atoms with Crippen molar-refractivity contribution in [3.63, 3.8) is 0 Å². The molecule has 30 heavy (non-hydrogen) atoms. The zero-order valence-electron chi connectivity index (χ0n) is 16.2. The first kappa shape index (κ1) is 19.3.